The van der Waals surface area contributed by atoms with Crippen LogP contribution >= 0.6 is 15.9 Å². The minimum Gasteiger partial charge on any atom is -0.383 e. The zero-order chi connectivity index (χ0) is 11.2. The Labute approximate surface area is 94.9 Å². The van der Waals surface area contributed by atoms with E-state index in [2.05, 4.69) is 15.9 Å². The molecule has 0 aromatic rings. The van der Waals surface area contributed by atoms with Crippen LogP contribution in [0.5, 0.6) is 0 Å². The molecule has 0 saturated heterocycles. The highest BCUT2D eigenvalue weighted by atomic mass is 79.9. The summed E-state index contributed by atoms with van der Waals surface area (Å²) in [6.45, 7) is 7.79. The summed E-state index contributed by atoms with van der Waals surface area (Å²) in [6.07, 6.45) is 0. The predicted molar refractivity (Wildman–Crippen MR) is 61.7 cm³/mol. The maximum absolute atomic E-state index is 11.9. The number of ether oxygens (including phenoxy) is 1. The van der Waals surface area contributed by atoms with E-state index in [0.29, 0.717) is 13.2 Å². The molecular formula is C10H20BrNO2. The number of methoxy groups -OCH3 is 1. The third kappa shape index (κ3) is 4.96. The van der Waals surface area contributed by atoms with Gasteiger partial charge in [0.05, 0.1) is 6.61 Å². The lowest BCUT2D eigenvalue weighted by molar-refractivity contribution is -0.139. The summed E-state index contributed by atoms with van der Waals surface area (Å²) in [5.74, 6) is 0.175. The summed E-state index contributed by atoms with van der Waals surface area (Å²) in [5.41, 5.74) is -0.310. The van der Waals surface area contributed by atoms with Crippen LogP contribution in [-0.4, -0.2) is 42.9 Å². The van der Waals surface area contributed by atoms with Crippen molar-refractivity contribution in [1.29, 1.82) is 0 Å². The van der Waals surface area contributed by atoms with Gasteiger partial charge >= 0.3 is 0 Å². The molecule has 0 spiro atoms. The highest BCUT2D eigenvalue weighted by Gasteiger charge is 2.26. The molecule has 0 heterocycles. The van der Waals surface area contributed by atoms with Crippen LogP contribution in [0, 0.1) is 5.41 Å². The molecule has 0 aromatic carbocycles. The summed E-state index contributed by atoms with van der Waals surface area (Å²) < 4.78 is 4.97. The highest BCUT2D eigenvalue weighted by molar-refractivity contribution is 9.09. The second-order valence-electron chi connectivity index (χ2n) is 4.22. The fraction of sp³-hybridized carbons (Fsp3) is 0.900. The van der Waals surface area contributed by atoms with E-state index in [1.807, 2.05) is 25.7 Å². The monoisotopic (exact) mass is 265 g/mol. The van der Waals surface area contributed by atoms with Crippen LogP contribution in [0.2, 0.25) is 0 Å². The van der Waals surface area contributed by atoms with E-state index in [0.717, 1.165) is 11.9 Å². The first-order valence-electron chi connectivity index (χ1n) is 4.77. The molecule has 0 aliphatic heterocycles. The Kier molecular flexibility index (Phi) is 6.36. The van der Waals surface area contributed by atoms with Crippen LogP contribution in [0.25, 0.3) is 0 Å². The van der Waals surface area contributed by atoms with Crippen molar-refractivity contribution in [2.75, 3.05) is 32.1 Å². The van der Waals surface area contributed by atoms with Crippen molar-refractivity contribution >= 4 is 21.8 Å². The molecule has 0 aromatic heterocycles. The van der Waals surface area contributed by atoms with E-state index in [9.17, 15) is 4.79 Å². The molecule has 1 amide bonds. The normalized spacial score (nSPS) is 11.5. The van der Waals surface area contributed by atoms with Crippen molar-refractivity contribution in [3.8, 4) is 0 Å². The number of hydrogen-bond donors (Lipinski definition) is 0. The topological polar surface area (TPSA) is 29.5 Å². The highest BCUT2D eigenvalue weighted by Crippen LogP contribution is 2.17. The molecule has 0 radical (unpaired) electrons. The Balaban J connectivity index is 4.25. The zero-order valence-electron chi connectivity index (χ0n) is 9.47. The van der Waals surface area contributed by atoms with E-state index in [1.54, 1.807) is 7.11 Å². The van der Waals surface area contributed by atoms with E-state index in [1.165, 1.54) is 0 Å². The van der Waals surface area contributed by atoms with Crippen molar-refractivity contribution in [3.63, 3.8) is 0 Å². The van der Waals surface area contributed by atoms with Crippen LogP contribution in [0.15, 0.2) is 0 Å². The van der Waals surface area contributed by atoms with Gasteiger partial charge in [0, 0.05) is 30.9 Å². The Morgan fingerprint density at radius 1 is 1.36 bits per heavy atom. The molecule has 0 N–H and O–H groups in total. The summed E-state index contributed by atoms with van der Waals surface area (Å²) in [4.78, 5) is 13.7. The molecule has 0 atom stereocenters. The molecule has 14 heavy (non-hydrogen) atoms. The first kappa shape index (κ1) is 13.9. The summed E-state index contributed by atoms with van der Waals surface area (Å²) in [5, 5.41) is 0.804. The first-order chi connectivity index (χ1) is 6.43. The average molecular weight is 266 g/mol. The van der Waals surface area contributed by atoms with Gasteiger partial charge in [0.25, 0.3) is 0 Å². The largest absolute Gasteiger partial charge is 0.383 e. The van der Waals surface area contributed by atoms with Crippen LogP contribution in [-0.2, 0) is 9.53 Å². The summed E-state index contributed by atoms with van der Waals surface area (Å²) in [7, 11) is 1.65. The maximum atomic E-state index is 11.9. The second-order valence-corrected chi connectivity index (χ2v) is 5.02. The molecule has 0 unspecified atom stereocenters. The van der Waals surface area contributed by atoms with Gasteiger partial charge in [0.1, 0.15) is 0 Å². The van der Waals surface area contributed by atoms with Crippen molar-refractivity contribution in [2.24, 2.45) is 5.41 Å². The van der Waals surface area contributed by atoms with E-state index in [4.69, 9.17) is 4.74 Å². The van der Waals surface area contributed by atoms with Crippen molar-refractivity contribution in [1.82, 2.24) is 4.90 Å². The summed E-state index contributed by atoms with van der Waals surface area (Å²) in [6, 6.07) is 0. The average Bonchev–Trinajstić information content (AvgIpc) is 2.09. The number of rotatable bonds is 5. The first-order valence-corrected chi connectivity index (χ1v) is 5.90. The van der Waals surface area contributed by atoms with Crippen molar-refractivity contribution < 1.29 is 9.53 Å². The number of carbonyl (C=O) groups excluding carboxylic acids is 1. The zero-order valence-corrected chi connectivity index (χ0v) is 11.1. The van der Waals surface area contributed by atoms with Gasteiger partial charge < -0.3 is 9.64 Å². The van der Waals surface area contributed by atoms with Gasteiger partial charge in [-0.1, -0.05) is 36.7 Å². The van der Waals surface area contributed by atoms with Gasteiger partial charge in [-0.05, 0) is 0 Å². The number of halogens is 1. The number of hydrogen-bond acceptors (Lipinski definition) is 2. The van der Waals surface area contributed by atoms with Crippen molar-refractivity contribution in [3.05, 3.63) is 0 Å². The Hall–Kier alpha value is -0.0900. The van der Waals surface area contributed by atoms with Gasteiger partial charge in [-0.2, -0.15) is 0 Å². The number of amides is 1. The molecular weight excluding hydrogens is 246 g/mol. The predicted octanol–water partition coefficient (Wildman–Crippen LogP) is 1.90. The fourth-order valence-corrected chi connectivity index (χ4v) is 1.52. The number of alkyl halides is 1. The Morgan fingerprint density at radius 3 is 2.29 bits per heavy atom. The summed E-state index contributed by atoms with van der Waals surface area (Å²) >= 11 is 3.34. The number of carbonyl (C=O) groups is 1. The van der Waals surface area contributed by atoms with Gasteiger partial charge in [-0.15, -0.1) is 0 Å². The minimum absolute atomic E-state index is 0.175. The Bertz CT molecular complexity index is 177. The SMILES string of the molecule is COCCN(CCBr)C(=O)C(C)(C)C. The van der Waals surface area contributed by atoms with Crippen LogP contribution in [0.3, 0.4) is 0 Å². The van der Waals surface area contributed by atoms with E-state index in [-0.39, 0.29) is 11.3 Å². The second kappa shape index (κ2) is 6.40. The molecule has 0 saturated carbocycles. The van der Waals surface area contributed by atoms with E-state index < -0.39 is 0 Å². The maximum Gasteiger partial charge on any atom is 0.228 e. The van der Waals surface area contributed by atoms with Crippen molar-refractivity contribution in [2.45, 2.75) is 20.8 Å². The molecule has 4 heteroatoms. The quantitative estimate of drug-likeness (QED) is 0.711. The van der Waals surface area contributed by atoms with Gasteiger partial charge in [0.2, 0.25) is 5.91 Å². The molecule has 84 valence electrons. The van der Waals surface area contributed by atoms with Gasteiger partial charge in [0.15, 0.2) is 0 Å². The van der Waals surface area contributed by atoms with Crippen LogP contribution in [0.4, 0.5) is 0 Å². The smallest absolute Gasteiger partial charge is 0.228 e. The van der Waals surface area contributed by atoms with Crippen LogP contribution < -0.4 is 0 Å². The number of nitrogens with zero attached hydrogens (tertiary/aromatic N) is 1. The Morgan fingerprint density at radius 2 is 1.93 bits per heavy atom. The molecule has 0 aliphatic rings. The van der Waals surface area contributed by atoms with Gasteiger partial charge in [-0.25, -0.2) is 0 Å². The minimum atomic E-state index is -0.310. The third-order valence-corrected chi connectivity index (χ3v) is 2.20. The standard InChI is InChI=1S/C10H20BrNO2/c1-10(2,3)9(13)12(6-5-11)7-8-14-4/h5-8H2,1-4H3. The van der Waals surface area contributed by atoms with Gasteiger partial charge in [-0.3, -0.25) is 4.79 Å². The van der Waals surface area contributed by atoms with Crippen LogP contribution in [0.1, 0.15) is 20.8 Å². The molecule has 0 rings (SSSR count). The third-order valence-electron chi connectivity index (χ3n) is 1.85. The van der Waals surface area contributed by atoms with E-state index >= 15 is 0 Å². The lowest BCUT2D eigenvalue weighted by atomic mass is 9.95. The fourth-order valence-electron chi connectivity index (χ4n) is 1.09. The molecule has 3 nitrogen and oxygen atoms in total. The molecule has 0 aliphatic carbocycles. The molecule has 0 fully saturated rings. The lowest BCUT2D eigenvalue weighted by Crippen LogP contribution is -2.42. The lowest BCUT2D eigenvalue weighted by Gasteiger charge is -2.28. The molecule has 0 bridgehead atoms.